The van der Waals surface area contributed by atoms with Gasteiger partial charge >= 0.3 is 0 Å². The average molecular weight is 326 g/mol. The molecule has 4 atom stereocenters. The highest BCUT2D eigenvalue weighted by Crippen LogP contribution is 2.47. The number of hydroxylamine groups is 1. The Labute approximate surface area is 143 Å². The van der Waals surface area contributed by atoms with Gasteiger partial charge < -0.3 is 0 Å². The van der Waals surface area contributed by atoms with Crippen molar-refractivity contribution in [3.63, 3.8) is 0 Å². The molecule has 4 aliphatic rings. The molecule has 2 saturated heterocycles. The zero-order valence-electron chi connectivity index (χ0n) is 14.0. The summed E-state index contributed by atoms with van der Waals surface area (Å²) >= 11 is 0. The van der Waals surface area contributed by atoms with Gasteiger partial charge in [-0.05, 0) is 67.1 Å². The van der Waals surface area contributed by atoms with Gasteiger partial charge in [-0.15, -0.1) is 0 Å². The summed E-state index contributed by atoms with van der Waals surface area (Å²) < 4.78 is 0. The average Bonchev–Trinajstić information content (AvgIpc) is 2.77. The molecule has 0 radical (unpaired) electrons. The van der Waals surface area contributed by atoms with Crippen molar-refractivity contribution in [1.82, 2.24) is 10.4 Å². The second-order valence-electron chi connectivity index (χ2n) is 7.91. The third kappa shape index (κ3) is 3.40. The number of hydrogen-bond acceptors (Lipinski definition) is 3. The highest BCUT2D eigenvalue weighted by molar-refractivity contribution is 5.90. The van der Waals surface area contributed by atoms with E-state index in [1.54, 1.807) is 11.6 Å². The minimum Gasteiger partial charge on any atom is -0.296 e. The smallest absolute Gasteiger partial charge is 0.267 e. The zero-order valence-corrected chi connectivity index (χ0v) is 14.0. The first kappa shape index (κ1) is 15.9. The van der Waals surface area contributed by atoms with Crippen LogP contribution in [0.25, 0.3) is 6.08 Å². The Hall–Kier alpha value is -1.65. The van der Waals surface area contributed by atoms with Crippen molar-refractivity contribution < 1.29 is 10.0 Å². The predicted octanol–water partition coefficient (Wildman–Crippen LogP) is 3.22. The van der Waals surface area contributed by atoms with Gasteiger partial charge in [-0.1, -0.05) is 24.3 Å². The van der Waals surface area contributed by atoms with Gasteiger partial charge in [-0.3, -0.25) is 14.9 Å². The first-order valence-corrected chi connectivity index (χ1v) is 9.14. The predicted molar refractivity (Wildman–Crippen MR) is 93.2 cm³/mol. The van der Waals surface area contributed by atoms with Crippen molar-refractivity contribution in [1.29, 1.82) is 0 Å². The van der Waals surface area contributed by atoms with Crippen molar-refractivity contribution in [2.24, 2.45) is 17.8 Å². The molecule has 2 aliphatic heterocycles. The first-order valence-electron chi connectivity index (χ1n) is 9.14. The molecule has 5 rings (SSSR count). The summed E-state index contributed by atoms with van der Waals surface area (Å²) in [5.74, 6) is 2.39. The van der Waals surface area contributed by atoms with E-state index in [-0.39, 0.29) is 0 Å². The van der Waals surface area contributed by atoms with Crippen LogP contribution in [0.2, 0.25) is 0 Å². The Kier molecular flexibility index (Phi) is 4.42. The van der Waals surface area contributed by atoms with E-state index in [9.17, 15) is 4.79 Å². The van der Waals surface area contributed by atoms with Crippen LogP contribution in [-0.4, -0.2) is 28.6 Å². The molecule has 2 heterocycles. The van der Waals surface area contributed by atoms with Gasteiger partial charge in [-0.2, -0.15) is 0 Å². The van der Waals surface area contributed by atoms with Crippen LogP contribution < -0.4 is 5.48 Å². The number of hydrogen-bond donors (Lipinski definition) is 2. The Morgan fingerprint density at radius 1 is 1.08 bits per heavy atom. The molecular weight excluding hydrogens is 300 g/mol. The van der Waals surface area contributed by atoms with Crippen molar-refractivity contribution in [3.05, 3.63) is 41.5 Å². The van der Waals surface area contributed by atoms with E-state index in [0.717, 1.165) is 35.9 Å². The number of nitrogens with one attached hydrogen (secondary N) is 1. The minimum absolute atomic E-state index is 0.505. The molecule has 1 amide bonds. The number of rotatable bonds is 4. The fraction of sp³-hybridized carbons (Fsp3) is 0.550. The van der Waals surface area contributed by atoms with Crippen LogP contribution in [0, 0.1) is 17.8 Å². The van der Waals surface area contributed by atoms with Crippen molar-refractivity contribution >= 4 is 12.0 Å². The maximum atomic E-state index is 11.0. The summed E-state index contributed by atoms with van der Waals surface area (Å²) in [6.45, 7) is 2.32. The van der Waals surface area contributed by atoms with Crippen LogP contribution in [-0.2, 0) is 11.3 Å². The number of amides is 1. The normalized spacial score (nSPS) is 32.2. The lowest BCUT2D eigenvalue weighted by atomic mass is 9.68. The Morgan fingerprint density at radius 3 is 2.42 bits per heavy atom. The van der Waals surface area contributed by atoms with Gasteiger partial charge in [0.1, 0.15) is 0 Å². The summed E-state index contributed by atoms with van der Waals surface area (Å²) in [6.07, 6.45) is 10.3. The molecular formula is C20H26N2O2. The Morgan fingerprint density at radius 2 is 1.75 bits per heavy atom. The highest BCUT2D eigenvalue weighted by Gasteiger charge is 2.42. The van der Waals surface area contributed by atoms with E-state index in [0.29, 0.717) is 0 Å². The van der Waals surface area contributed by atoms with Crippen LogP contribution in [0.4, 0.5) is 0 Å². The molecule has 4 heteroatoms. The van der Waals surface area contributed by atoms with E-state index in [2.05, 4.69) is 17.0 Å². The van der Waals surface area contributed by atoms with E-state index < -0.39 is 5.91 Å². The Balaban J connectivity index is 1.42. The Bertz CT molecular complexity index is 611. The van der Waals surface area contributed by atoms with Gasteiger partial charge in [0.2, 0.25) is 0 Å². The van der Waals surface area contributed by atoms with Crippen LogP contribution in [0.3, 0.4) is 0 Å². The van der Waals surface area contributed by atoms with Gasteiger partial charge in [0.15, 0.2) is 0 Å². The maximum Gasteiger partial charge on any atom is 0.267 e. The quantitative estimate of drug-likeness (QED) is 0.507. The largest absolute Gasteiger partial charge is 0.296 e. The molecule has 2 saturated carbocycles. The number of benzene rings is 1. The molecule has 0 aromatic heterocycles. The molecule has 2 unspecified atom stereocenters. The summed E-state index contributed by atoms with van der Waals surface area (Å²) in [5, 5.41) is 8.50. The van der Waals surface area contributed by atoms with E-state index in [1.807, 2.05) is 12.1 Å². The third-order valence-corrected chi connectivity index (χ3v) is 6.12. The molecule has 2 aliphatic carbocycles. The number of carbonyl (C=O) groups excluding carboxylic acids is 1. The van der Waals surface area contributed by atoms with E-state index in [1.165, 1.54) is 50.3 Å². The lowest BCUT2D eigenvalue weighted by Gasteiger charge is -2.39. The summed E-state index contributed by atoms with van der Waals surface area (Å²) in [5.41, 5.74) is 3.92. The number of carbonyl (C=O) groups is 1. The van der Waals surface area contributed by atoms with Crippen LogP contribution >= 0.6 is 0 Å². The first-order chi connectivity index (χ1) is 11.7. The SMILES string of the molecule is O=C(/C=C/c1ccc(CN2CC3C[C@@H]4CC2C[C@H](C3)C4)cc1)NO. The summed E-state index contributed by atoms with van der Waals surface area (Å²) in [6, 6.07) is 9.18. The number of fused-ring (bicyclic) bond motifs is 1. The minimum atomic E-state index is -0.505. The standard InChI is InChI=1S/C20H26N2O2/c23-20(21-24)6-5-14-1-3-15(4-2-14)12-22-13-18-8-16-7-17(9-18)11-19(22)10-16/h1-6,16-19,24H,7-13H2,(H,21,23)/b6-5+/t16-,17+,18?,19?. The molecule has 4 nitrogen and oxygen atoms in total. The lowest BCUT2D eigenvalue weighted by Crippen LogP contribution is -2.37. The third-order valence-electron chi connectivity index (χ3n) is 6.12. The molecule has 0 spiro atoms. The molecule has 1 aromatic rings. The molecule has 4 bridgehead atoms. The molecule has 1 aromatic carbocycles. The maximum absolute atomic E-state index is 11.0. The van der Waals surface area contributed by atoms with Crippen molar-refractivity contribution in [2.45, 2.75) is 44.7 Å². The van der Waals surface area contributed by atoms with Gasteiger partial charge in [0.25, 0.3) is 5.91 Å². The molecule has 2 N–H and O–H groups in total. The van der Waals surface area contributed by atoms with Crippen LogP contribution in [0.5, 0.6) is 0 Å². The number of nitrogens with zero attached hydrogens (tertiary/aromatic N) is 1. The monoisotopic (exact) mass is 326 g/mol. The summed E-state index contributed by atoms with van der Waals surface area (Å²) in [7, 11) is 0. The molecule has 4 fully saturated rings. The highest BCUT2D eigenvalue weighted by atomic mass is 16.5. The van der Waals surface area contributed by atoms with Crippen LogP contribution in [0.1, 0.15) is 43.2 Å². The van der Waals surface area contributed by atoms with Crippen molar-refractivity contribution in [2.75, 3.05) is 6.54 Å². The van der Waals surface area contributed by atoms with Gasteiger partial charge in [0, 0.05) is 25.2 Å². The fourth-order valence-electron chi connectivity index (χ4n) is 5.25. The fourth-order valence-corrected chi connectivity index (χ4v) is 5.25. The second kappa shape index (κ2) is 6.69. The molecule has 128 valence electrons. The van der Waals surface area contributed by atoms with Crippen molar-refractivity contribution in [3.8, 4) is 0 Å². The molecule has 24 heavy (non-hydrogen) atoms. The van der Waals surface area contributed by atoms with Crippen LogP contribution in [0.15, 0.2) is 30.3 Å². The van der Waals surface area contributed by atoms with Gasteiger partial charge in [-0.25, -0.2) is 5.48 Å². The lowest BCUT2D eigenvalue weighted by molar-refractivity contribution is -0.124. The van der Waals surface area contributed by atoms with E-state index >= 15 is 0 Å². The zero-order chi connectivity index (χ0) is 16.5. The summed E-state index contributed by atoms with van der Waals surface area (Å²) in [4.78, 5) is 13.8. The van der Waals surface area contributed by atoms with E-state index in [4.69, 9.17) is 5.21 Å². The van der Waals surface area contributed by atoms with Gasteiger partial charge in [0.05, 0.1) is 0 Å². The second-order valence-corrected chi connectivity index (χ2v) is 7.91. The topological polar surface area (TPSA) is 52.6 Å².